The minimum absolute atomic E-state index is 0.285. The van der Waals surface area contributed by atoms with Crippen molar-refractivity contribution in [1.82, 2.24) is 0 Å². The Hall–Kier alpha value is 0.959. The molecule has 0 atom stereocenters. The summed E-state index contributed by atoms with van der Waals surface area (Å²) in [5.74, 6) is 0. The number of hydrogen-bond donors (Lipinski definition) is 2. The molecule has 0 aliphatic rings. The molecule has 6 heavy (non-hydrogen) atoms. The van der Waals surface area contributed by atoms with Crippen LogP contribution in [0.15, 0.2) is 0 Å². The molecule has 0 radical (unpaired) electrons. The predicted octanol–water partition coefficient (Wildman–Crippen LogP) is -1.79. The first-order valence-electron chi connectivity index (χ1n) is 1.38. The van der Waals surface area contributed by atoms with Gasteiger partial charge in [0, 0.05) is 0 Å². The quantitative estimate of drug-likeness (QED) is 0.435. The Morgan fingerprint density at radius 2 is 1.33 bits per heavy atom. The molecule has 0 rings (SSSR count). The number of hydrogen-bond acceptors (Lipinski definition) is 2. The molecular formula is C2H6O2Se2. The van der Waals surface area contributed by atoms with Gasteiger partial charge in [0.1, 0.15) is 0 Å². The van der Waals surface area contributed by atoms with E-state index < -0.39 is 0 Å². The average molecular weight is 220 g/mol. The Kier molecular flexibility index (Phi) is 6.91. The van der Waals surface area contributed by atoms with Crippen LogP contribution in [0.1, 0.15) is 0 Å². The Balaban J connectivity index is 2.34. The van der Waals surface area contributed by atoms with E-state index in [0.717, 1.165) is 0 Å². The van der Waals surface area contributed by atoms with E-state index in [0.29, 0.717) is 26.3 Å². The molecule has 0 unspecified atom stereocenters. The summed E-state index contributed by atoms with van der Waals surface area (Å²) in [6.45, 7) is 0. The number of rotatable bonds is 3. The van der Waals surface area contributed by atoms with E-state index >= 15 is 0 Å². The zero-order valence-corrected chi connectivity index (χ0v) is 6.55. The van der Waals surface area contributed by atoms with E-state index in [4.69, 9.17) is 10.2 Å². The van der Waals surface area contributed by atoms with Gasteiger partial charge in [-0.3, -0.25) is 0 Å². The zero-order valence-electron chi connectivity index (χ0n) is 3.13. The first-order chi connectivity index (χ1) is 2.91. The SMILES string of the molecule is OC[Se][Se]CO. The molecule has 2 N–H and O–H groups in total. The normalized spacial score (nSPS) is 9.00. The van der Waals surface area contributed by atoms with Crippen LogP contribution in [0.4, 0.5) is 0 Å². The van der Waals surface area contributed by atoms with E-state index in [1.54, 1.807) is 0 Å². The van der Waals surface area contributed by atoms with Crippen molar-refractivity contribution in [2.75, 3.05) is 11.0 Å². The Labute approximate surface area is 47.8 Å². The van der Waals surface area contributed by atoms with E-state index in [1.165, 1.54) is 0 Å². The summed E-state index contributed by atoms with van der Waals surface area (Å²) in [7, 11) is 0. The first kappa shape index (κ1) is 6.96. The molecule has 4 heteroatoms. The summed E-state index contributed by atoms with van der Waals surface area (Å²) in [5, 5.41) is 16.3. The van der Waals surface area contributed by atoms with E-state index in [9.17, 15) is 0 Å². The van der Waals surface area contributed by atoms with Crippen molar-refractivity contribution >= 4 is 26.3 Å². The molecule has 0 fully saturated rings. The molecule has 0 amide bonds. The first-order valence-corrected chi connectivity index (χ1v) is 8.13. The Bertz CT molecular complexity index is 21.5. The van der Waals surface area contributed by atoms with Gasteiger partial charge in [0.2, 0.25) is 0 Å². The summed E-state index contributed by atoms with van der Waals surface area (Å²) >= 11 is 0.670. The van der Waals surface area contributed by atoms with E-state index in [-0.39, 0.29) is 11.0 Å². The van der Waals surface area contributed by atoms with Gasteiger partial charge in [-0.2, -0.15) is 0 Å². The van der Waals surface area contributed by atoms with Crippen molar-refractivity contribution in [3.63, 3.8) is 0 Å². The standard InChI is InChI=1S/C2H6O2Se2/c3-1-5-6-2-4/h3-4H,1-2H2. The monoisotopic (exact) mass is 222 g/mol. The van der Waals surface area contributed by atoms with Crippen LogP contribution in [0.3, 0.4) is 0 Å². The third-order valence-corrected chi connectivity index (χ3v) is 5.10. The second-order valence-electron chi connectivity index (χ2n) is 0.494. The van der Waals surface area contributed by atoms with Crippen LogP contribution in [-0.4, -0.2) is 47.5 Å². The molecule has 0 aliphatic heterocycles. The maximum absolute atomic E-state index is 8.13. The van der Waals surface area contributed by atoms with Crippen LogP contribution in [0.5, 0.6) is 0 Å². The van der Waals surface area contributed by atoms with Crippen LogP contribution in [0.2, 0.25) is 0 Å². The fourth-order valence-electron chi connectivity index (χ4n) is 0.0745. The third kappa shape index (κ3) is 4.96. The van der Waals surface area contributed by atoms with Gasteiger partial charge in [0.15, 0.2) is 0 Å². The third-order valence-electron chi connectivity index (χ3n) is 0.189. The molecular weight excluding hydrogens is 214 g/mol. The van der Waals surface area contributed by atoms with Gasteiger partial charge in [-0.1, -0.05) is 0 Å². The topological polar surface area (TPSA) is 40.5 Å². The van der Waals surface area contributed by atoms with Gasteiger partial charge >= 0.3 is 47.5 Å². The van der Waals surface area contributed by atoms with Crippen molar-refractivity contribution in [3.8, 4) is 0 Å². The van der Waals surface area contributed by atoms with Crippen LogP contribution in [-0.2, 0) is 0 Å². The summed E-state index contributed by atoms with van der Waals surface area (Å²) in [5.41, 5.74) is 0.571. The van der Waals surface area contributed by atoms with Gasteiger partial charge < -0.3 is 0 Å². The second-order valence-corrected chi connectivity index (χ2v) is 7.71. The van der Waals surface area contributed by atoms with Crippen molar-refractivity contribution in [2.24, 2.45) is 0 Å². The molecule has 0 aliphatic carbocycles. The van der Waals surface area contributed by atoms with Crippen LogP contribution in [0, 0.1) is 0 Å². The van der Waals surface area contributed by atoms with Crippen molar-refractivity contribution in [3.05, 3.63) is 0 Å². The Morgan fingerprint density at radius 1 is 1.00 bits per heavy atom. The summed E-state index contributed by atoms with van der Waals surface area (Å²) in [6, 6.07) is 0. The molecule has 2 nitrogen and oxygen atoms in total. The zero-order chi connectivity index (χ0) is 4.83. The van der Waals surface area contributed by atoms with Crippen LogP contribution in [0.25, 0.3) is 0 Å². The maximum atomic E-state index is 8.13. The van der Waals surface area contributed by atoms with Crippen molar-refractivity contribution in [1.29, 1.82) is 0 Å². The average Bonchev–Trinajstić information content (AvgIpc) is 1.61. The van der Waals surface area contributed by atoms with Crippen LogP contribution < -0.4 is 0 Å². The number of aliphatic hydroxyl groups excluding tert-OH is 2. The fraction of sp³-hybridized carbons (Fsp3) is 1.00. The van der Waals surface area contributed by atoms with Gasteiger partial charge in [-0.25, -0.2) is 0 Å². The van der Waals surface area contributed by atoms with E-state index in [1.807, 2.05) is 0 Å². The molecule has 38 valence electrons. The molecule has 0 saturated heterocycles. The molecule has 0 heterocycles. The molecule has 0 saturated carbocycles. The Morgan fingerprint density at radius 3 is 1.50 bits per heavy atom. The molecule has 0 aromatic heterocycles. The predicted molar refractivity (Wildman–Crippen MR) is 25.7 cm³/mol. The molecule has 0 spiro atoms. The number of aliphatic hydroxyl groups is 2. The van der Waals surface area contributed by atoms with Gasteiger partial charge in [0.25, 0.3) is 0 Å². The van der Waals surface area contributed by atoms with Gasteiger partial charge in [0.05, 0.1) is 0 Å². The van der Waals surface area contributed by atoms with Gasteiger partial charge in [-0.05, 0) is 0 Å². The minimum atomic E-state index is 0.285. The summed E-state index contributed by atoms with van der Waals surface area (Å²) in [6.07, 6.45) is 0. The fourth-order valence-corrected chi connectivity index (χ4v) is 2.01. The molecule has 0 aromatic rings. The summed E-state index contributed by atoms with van der Waals surface area (Å²) in [4.78, 5) is 0. The van der Waals surface area contributed by atoms with E-state index in [2.05, 4.69) is 0 Å². The molecule has 0 bridgehead atoms. The van der Waals surface area contributed by atoms with Crippen molar-refractivity contribution in [2.45, 2.75) is 0 Å². The van der Waals surface area contributed by atoms with Crippen molar-refractivity contribution < 1.29 is 10.2 Å². The molecule has 0 aromatic carbocycles. The van der Waals surface area contributed by atoms with Crippen LogP contribution >= 0.6 is 0 Å². The summed E-state index contributed by atoms with van der Waals surface area (Å²) < 4.78 is 0. The second kappa shape index (κ2) is 5.96. The van der Waals surface area contributed by atoms with Gasteiger partial charge in [-0.15, -0.1) is 0 Å².